The maximum Gasteiger partial charge on any atom is 0.226 e. The van der Waals surface area contributed by atoms with Gasteiger partial charge in [-0.2, -0.15) is 10.2 Å². The third-order valence-electron chi connectivity index (χ3n) is 4.69. The molecular formula is C17H25N5O2. The van der Waals surface area contributed by atoms with Gasteiger partial charge in [0.1, 0.15) is 0 Å². The van der Waals surface area contributed by atoms with Gasteiger partial charge in [-0.15, -0.1) is 0 Å². The second-order valence-corrected chi connectivity index (χ2v) is 6.53. The van der Waals surface area contributed by atoms with Crippen molar-refractivity contribution in [2.75, 3.05) is 6.61 Å². The summed E-state index contributed by atoms with van der Waals surface area (Å²) in [4.78, 5) is 12.7. The van der Waals surface area contributed by atoms with E-state index in [1.54, 1.807) is 6.20 Å². The summed E-state index contributed by atoms with van der Waals surface area (Å²) in [7, 11) is 1.92. The molecule has 2 aromatic heterocycles. The minimum Gasteiger partial charge on any atom is -0.373 e. The van der Waals surface area contributed by atoms with Gasteiger partial charge in [0.15, 0.2) is 0 Å². The fourth-order valence-corrected chi connectivity index (χ4v) is 3.43. The molecule has 1 N–H and O–H groups in total. The summed E-state index contributed by atoms with van der Waals surface area (Å²) in [6, 6.07) is 1.89. The third kappa shape index (κ3) is 3.21. The van der Waals surface area contributed by atoms with Crippen molar-refractivity contribution >= 4 is 5.91 Å². The molecule has 1 fully saturated rings. The molecule has 7 nitrogen and oxygen atoms in total. The second kappa shape index (κ2) is 6.76. The fraction of sp³-hybridized carbons (Fsp3) is 0.588. The number of amides is 1. The highest BCUT2D eigenvalue weighted by atomic mass is 16.5. The summed E-state index contributed by atoms with van der Waals surface area (Å²) in [5, 5.41) is 11.7. The first-order chi connectivity index (χ1) is 11.5. The number of carbonyl (C=O) groups is 1. The zero-order chi connectivity index (χ0) is 17.3. The van der Waals surface area contributed by atoms with Crippen LogP contribution in [-0.4, -0.2) is 38.1 Å². The van der Waals surface area contributed by atoms with Gasteiger partial charge in [0.05, 0.1) is 24.3 Å². The topological polar surface area (TPSA) is 74.0 Å². The third-order valence-corrected chi connectivity index (χ3v) is 4.69. The van der Waals surface area contributed by atoms with Crippen molar-refractivity contribution in [3.8, 4) is 0 Å². The Morgan fingerprint density at radius 2 is 2.29 bits per heavy atom. The minimum absolute atomic E-state index is 0.00902. The first kappa shape index (κ1) is 16.7. The van der Waals surface area contributed by atoms with Gasteiger partial charge in [-0.25, -0.2) is 0 Å². The first-order valence-corrected chi connectivity index (χ1v) is 8.37. The van der Waals surface area contributed by atoms with E-state index in [0.717, 1.165) is 23.4 Å². The van der Waals surface area contributed by atoms with Crippen LogP contribution in [0.5, 0.6) is 0 Å². The summed E-state index contributed by atoms with van der Waals surface area (Å²) in [5.74, 6) is -0.133. The molecule has 0 saturated carbocycles. The van der Waals surface area contributed by atoms with E-state index in [4.69, 9.17) is 4.74 Å². The molecule has 0 aliphatic carbocycles. The number of aromatic nitrogens is 4. The lowest BCUT2D eigenvalue weighted by molar-refractivity contribution is -0.127. The van der Waals surface area contributed by atoms with E-state index in [1.165, 1.54) is 0 Å². The predicted octanol–water partition coefficient (Wildman–Crippen LogP) is 1.52. The lowest BCUT2D eigenvalue weighted by Crippen LogP contribution is -2.40. The van der Waals surface area contributed by atoms with Crippen LogP contribution < -0.4 is 5.32 Å². The molecule has 0 aromatic carbocycles. The van der Waals surface area contributed by atoms with Crippen LogP contribution in [0.1, 0.15) is 36.4 Å². The van der Waals surface area contributed by atoms with Gasteiger partial charge in [-0.3, -0.25) is 14.2 Å². The van der Waals surface area contributed by atoms with Crippen LogP contribution in [-0.2, 0) is 23.1 Å². The van der Waals surface area contributed by atoms with Crippen molar-refractivity contribution in [2.24, 2.45) is 13.0 Å². The molecule has 1 saturated heterocycles. The number of ether oxygens (including phenoxy) is 1. The lowest BCUT2D eigenvalue weighted by Gasteiger charge is -2.21. The Morgan fingerprint density at radius 3 is 2.92 bits per heavy atom. The standard InChI is InChI=1S/C17H25N5O2/c1-11(10-22-8-5-7-18-22)19-17(23)14-6-9-24-16(14)15-12(2)20-21(4)13(15)3/h5,7-8,11,14,16H,6,9-10H2,1-4H3,(H,19,23)/t11-,14+,16+/m1/s1. The van der Waals surface area contributed by atoms with Crippen molar-refractivity contribution in [1.29, 1.82) is 0 Å². The van der Waals surface area contributed by atoms with Crippen LogP contribution >= 0.6 is 0 Å². The number of nitrogens with zero attached hydrogens (tertiary/aromatic N) is 4. The summed E-state index contributed by atoms with van der Waals surface area (Å²) >= 11 is 0. The molecule has 3 heterocycles. The van der Waals surface area contributed by atoms with Crippen LogP contribution in [0.25, 0.3) is 0 Å². The molecule has 130 valence electrons. The molecule has 1 aliphatic rings. The van der Waals surface area contributed by atoms with Crippen LogP contribution in [0.4, 0.5) is 0 Å². The molecule has 3 rings (SSSR count). The van der Waals surface area contributed by atoms with Gasteiger partial charge in [-0.1, -0.05) is 0 Å². The Morgan fingerprint density at radius 1 is 1.50 bits per heavy atom. The van der Waals surface area contributed by atoms with Crippen molar-refractivity contribution in [3.63, 3.8) is 0 Å². The molecular weight excluding hydrogens is 306 g/mol. The highest BCUT2D eigenvalue weighted by Gasteiger charge is 2.38. The molecule has 1 aliphatic heterocycles. The van der Waals surface area contributed by atoms with E-state index in [9.17, 15) is 4.79 Å². The number of nitrogens with one attached hydrogen (secondary N) is 1. The molecule has 0 unspecified atom stereocenters. The second-order valence-electron chi connectivity index (χ2n) is 6.53. The minimum atomic E-state index is -0.212. The quantitative estimate of drug-likeness (QED) is 0.901. The summed E-state index contributed by atoms with van der Waals surface area (Å²) < 4.78 is 9.57. The number of aryl methyl sites for hydroxylation is 2. The number of hydrogen-bond donors (Lipinski definition) is 1. The van der Waals surface area contributed by atoms with E-state index in [2.05, 4.69) is 15.5 Å². The normalized spacial score (nSPS) is 21.8. The summed E-state index contributed by atoms with van der Waals surface area (Å²) in [6.45, 7) is 7.24. The Labute approximate surface area is 142 Å². The number of carbonyl (C=O) groups excluding carboxylic acids is 1. The molecule has 0 radical (unpaired) electrons. The molecule has 0 bridgehead atoms. The lowest BCUT2D eigenvalue weighted by atomic mass is 9.93. The van der Waals surface area contributed by atoms with E-state index in [0.29, 0.717) is 13.2 Å². The van der Waals surface area contributed by atoms with Crippen LogP contribution in [0.3, 0.4) is 0 Å². The van der Waals surface area contributed by atoms with Gasteiger partial charge in [0.25, 0.3) is 0 Å². The maximum atomic E-state index is 12.7. The molecule has 3 atom stereocenters. The van der Waals surface area contributed by atoms with E-state index < -0.39 is 0 Å². The predicted molar refractivity (Wildman–Crippen MR) is 89.3 cm³/mol. The van der Waals surface area contributed by atoms with E-state index in [1.807, 2.05) is 49.4 Å². The molecule has 7 heteroatoms. The Kier molecular flexibility index (Phi) is 4.71. The van der Waals surface area contributed by atoms with Gasteiger partial charge < -0.3 is 10.1 Å². The largest absolute Gasteiger partial charge is 0.373 e. The van der Waals surface area contributed by atoms with Crippen molar-refractivity contribution in [2.45, 2.75) is 45.9 Å². The average molecular weight is 331 g/mol. The zero-order valence-electron chi connectivity index (χ0n) is 14.7. The highest BCUT2D eigenvalue weighted by molar-refractivity contribution is 5.80. The fourth-order valence-electron chi connectivity index (χ4n) is 3.43. The molecule has 1 amide bonds. The van der Waals surface area contributed by atoms with Crippen LogP contribution in [0.2, 0.25) is 0 Å². The average Bonchev–Trinajstić information content (AvgIpc) is 3.22. The van der Waals surface area contributed by atoms with Gasteiger partial charge in [-0.05, 0) is 33.3 Å². The summed E-state index contributed by atoms with van der Waals surface area (Å²) in [5.41, 5.74) is 3.04. The van der Waals surface area contributed by atoms with Crippen molar-refractivity contribution < 1.29 is 9.53 Å². The van der Waals surface area contributed by atoms with Gasteiger partial charge in [0, 0.05) is 43.3 Å². The van der Waals surface area contributed by atoms with Crippen molar-refractivity contribution in [3.05, 3.63) is 35.4 Å². The van der Waals surface area contributed by atoms with Gasteiger partial charge in [0.2, 0.25) is 5.91 Å². The molecule has 0 spiro atoms. The molecule has 24 heavy (non-hydrogen) atoms. The van der Waals surface area contributed by atoms with E-state index in [-0.39, 0.29) is 24.0 Å². The van der Waals surface area contributed by atoms with Crippen LogP contribution in [0, 0.1) is 19.8 Å². The zero-order valence-corrected chi connectivity index (χ0v) is 14.7. The van der Waals surface area contributed by atoms with E-state index >= 15 is 0 Å². The Bertz CT molecular complexity index is 707. The Hall–Kier alpha value is -2.15. The maximum absolute atomic E-state index is 12.7. The SMILES string of the molecule is Cc1nn(C)c(C)c1[C@H]1OCC[C@@H]1C(=O)N[C@H](C)Cn1cccn1. The number of hydrogen-bond acceptors (Lipinski definition) is 4. The van der Waals surface area contributed by atoms with Crippen LogP contribution in [0.15, 0.2) is 18.5 Å². The first-order valence-electron chi connectivity index (χ1n) is 8.37. The van der Waals surface area contributed by atoms with Crippen molar-refractivity contribution in [1.82, 2.24) is 24.9 Å². The highest BCUT2D eigenvalue weighted by Crippen LogP contribution is 2.37. The smallest absolute Gasteiger partial charge is 0.226 e. The van der Waals surface area contributed by atoms with Gasteiger partial charge >= 0.3 is 0 Å². The Balaban J connectivity index is 1.69. The monoisotopic (exact) mass is 331 g/mol. The molecule has 2 aromatic rings. The summed E-state index contributed by atoms with van der Waals surface area (Å²) in [6.07, 6.45) is 4.16. The number of rotatable bonds is 5.